The van der Waals surface area contributed by atoms with E-state index in [4.69, 9.17) is 9.72 Å². The molecule has 4 heterocycles. The topological polar surface area (TPSA) is 59.7 Å². The molecule has 1 aliphatic heterocycles. The number of nitrogens with zero attached hydrogens (tertiary/aromatic N) is 4. The third kappa shape index (κ3) is 3.86. The maximum absolute atomic E-state index is 12.3. The molecule has 0 aliphatic carbocycles. The van der Waals surface area contributed by atoms with E-state index in [1.54, 1.807) is 4.90 Å². The number of aromatic nitrogens is 3. The molecular formula is C22H26N4O2. The zero-order valence-electron chi connectivity index (χ0n) is 16.6. The highest BCUT2D eigenvalue weighted by Gasteiger charge is 2.28. The number of piperidine rings is 1. The Morgan fingerprint density at radius 3 is 2.64 bits per heavy atom. The molecule has 0 unspecified atom stereocenters. The van der Waals surface area contributed by atoms with Crippen molar-refractivity contribution < 1.29 is 9.53 Å². The van der Waals surface area contributed by atoms with Gasteiger partial charge in [-0.3, -0.25) is 4.98 Å². The second-order valence-corrected chi connectivity index (χ2v) is 8.28. The predicted octanol–water partition coefficient (Wildman–Crippen LogP) is 4.51. The number of carbonyl (C=O) groups excluding carboxylic acids is 1. The molecule has 0 bridgehead atoms. The zero-order chi connectivity index (χ0) is 19.7. The van der Waals surface area contributed by atoms with Gasteiger partial charge in [0, 0.05) is 36.5 Å². The summed E-state index contributed by atoms with van der Waals surface area (Å²) in [5.74, 6) is 0.348. The molecule has 3 aromatic rings. The van der Waals surface area contributed by atoms with Crippen LogP contribution in [0.4, 0.5) is 4.79 Å². The average molecular weight is 378 g/mol. The lowest BCUT2D eigenvalue weighted by atomic mass is 9.93. The molecule has 1 saturated heterocycles. The van der Waals surface area contributed by atoms with Gasteiger partial charge in [-0.25, -0.2) is 9.31 Å². The van der Waals surface area contributed by atoms with E-state index in [0.29, 0.717) is 19.0 Å². The van der Waals surface area contributed by atoms with Crippen LogP contribution >= 0.6 is 0 Å². The van der Waals surface area contributed by atoms with Crippen molar-refractivity contribution in [3.63, 3.8) is 0 Å². The Morgan fingerprint density at radius 2 is 1.89 bits per heavy atom. The number of hydrogen-bond acceptors (Lipinski definition) is 4. The summed E-state index contributed by atoms with van der Waals surface area (Å²) in [6.07, 6.45) is 5.37. The summed E-state index contributed by atoms with van der Waals surface area (Å²) in [5, 5.41) is 4.41. The second kappa shape index (κ2) is 7.26. The molecule has 1 aliphatic rings. The van der Waals surface area contributed by atoms with Crippen LogP contribution in [0.1, 0.15) is 45.2 Å². The SMILES string of the molecule is CC(C)(C)OC(=O)N1CCC(c2cccc(-c3cnn4ccccc34)n2)CC1. The molecule has 0 atom stereocenters. The minimum atomic E-state index is -0.460. The van der Waals surface area contributed by atoms with Crippen molar-refractivity contribution in [2.45, 2.75) is 45.1 Å². The van der Waals surface area contributed by atoms with E-state index >= 15 is 0 Å². The smallest absolute Gasteiger partial charge is 0.410 e. The first kappa shape index (κ1) is 18.5. The van der Waals surface area contributed by atoms with Gasteiger partial charge < -0.3 is 9.64 Å². The molecule has 0 radical (unpaired) electrons. The van der Waals surface area contributed by atoms with E-state index in [9.17, 15) is 4.79 Å². The van der Waals surface area contributed by atoms with Crippen LogP contribution in [0.3, 0.4) is 0 Å². The number of hydrogen-bond donors (Lipinski definition) is 0. The van der Waals surface area contributed by atoms with Gasteiger partial charge in [-0.2, -0.15) is 5.10 Å². The van der Waals surface area contributed by atoms with Crippen molar-refractivity contribution in [3.05, 3.63) is 54.5 Å². The van der Waals surface area contributed by atoms with E-state index in [2.05, 4.69) is 23.3 Å². The van der Waals surface area contributed by atoms with E-state index in [-0.39, 0.29) is 6.09 Å². The molecule has 28 heavy (non-hydrogen) atoms. The van der Waals surface area contributed by atoms with Gasteiger partial charge in [-0.1, -0.05) is 12.1 Å². The Morgan fingerprint density at radius 1 is 1.11 bits per heavy atom. The van der Waals surface area contributed by atoms with Crippen LogP contribution in [0.5, 0.6) is 0 Å². The molecule has 4 rings (SSSR count). The maximum atomic E-state index is 12.3. The van der Waals surface area contributed by atoms with Gasteiger partial charge in [0.25, 0.3) is 0 Å². The van der Waals surface area contributed by atoms with E-state index in [0.717, 1.165) is 35.3 Å². The average Bonchev–Trinajstić information content (AvgIpc) is 3.11. The Balaban J connectivity index is 1.48. The molecule has 6 heteroatoms. The Hall–Kier alpha value is -2.89. The van der Waals surface area contributed by atoms with E-state index in [1.807, 2.05) is 55.9 Å². The van der Waals surface area contributed by atoms with Crippen LogP contribution in [-0.2, 0) is 4.74 Å². The van der Waals surface area contributed by atoms with Crippen LogP contribution in [0.25, 0.3) is 16.8 Å². The van der Waals surface area contributed by atoms with Gasteiger partial charge in [0.05, 0.1) is 17.4 Å². The number of pyridine rings is 2. The summed E-state index contributed by atoms with van der Waals surface area (Å²) in [6, 6.07) is 12.2. The van der Waals surface area contributed by atoms with Crippen LogP contribution < -0.4 is 0 Å². The van der Waals surface area contributed by atoms with Crippen LogP contribution in [0, 0.1) is 0 Å². The second-order valence-electron chi connectivity index (χ2n) is 8.28. The Labute approximate surface area is 165 Å². The zero-order valence-corrected chi connectivity index (χ0v) is 16.6. The first-order chi connectivity index (χ1) is 13.4. The molecule has 0 saturated carbocycles. The van der Waals surface area contributed by atoms with Gasteiger partial charge >= 0.3 is 6.09 Å². The van der Waals surface area contributed by atoms with Gasteiger partial charge in [-0.15, -0.1) is 0 Å². The molecule has 146 valence electrons. The molecule has 6 nitrogen and oxygen atoms in total. The summed E-state index contributed by atoms with van der Waals surface area (Å²) >= 11 is 0. The standard InChI is InChI=1S/C22H26N4O2/c1-22(2,3)28-21(27)25-13-10-16(11-14-25)18-7-6-8-19(24-18)17-15-23-26-12-5-4-9-20(17)26/h4-9,12,15-16H,10-11,13-14H2,1-3H3. The first-order valence-electron chi connectivity index (χ1n) is 9.78. The molecule has 0 N–H and O–H groups in total. The lowest BCUT2D eigenvalue weighted by Gasteiger charge is -2.33. The molecule has 0 spiro atoms. The van der Waals surface area contributed by atoms with Gasteiger partial charge in [0.2, 0.25) is 0 Å². The number of fused-ring (bicyclic) bond motifs is 1. The quantitative estimate of drug-likeness (QED) is 0.658. The van der Waals surface area contributed by atoms with Gasteiger partial charge in [0.1, 0.15) is 5.60 Å². The lowest BCUT2D eigenvalue weighted by molar-refractivity contribution is 0.0204. The maximum Gasteiger partial charge on any atom is 0.410 e. The fourth-order valence-electron chi connectivity index (χ4n) is 3.65. The van der Waals surface area contributed by atoms with Crippen LogP contribution in [-0.4, -0.2) is 44.3 Å². The number of rotatable bonds is 2. The minimum Gasteiger partial charge on any atom is -0.444 e. The number of carbonyl (C=O) groups is 1. The molecule has 1 amide bonds. The Bertz CT molecular complexity index is 981. The fraction of sp³-hybridized carbons (Fsp3) is 0.409. The third-order valence-corrected chi connectivity index (χ3v) is 5.04. The van der Waals surface area contributed by atoms with Gasteiger partial charge in [0.15, 0.2) is 0 Å². The van der Waals surface area contributed by atoms with Gasteiger partial charge in [-0.05, 0) is 57.9 Å². The number of likely N-dealkylation sites (tertiary alicyclic amines) is 1. The summed E-state index contributed by atoms with van der Waals surface area (Å²) in [7, 11) is 0. The molecule has 1 fully saturated rings. The summed E-state index contributed by atoms with van der Waals surface area (Å²) in [4.78, 5) is 19.0. The fourth-order valence-corrected chi connectivity index (χ4v) is 3.65. The summed E-state index contributed by atoms with van der Waals surface area (Å²) in [6.45, 7) is 7.08. The summed E-state index contributed by atoms with van der Waals surface area (Å²) < 4.78 is 7.35. The monoisotopic (exact) mass is 378 g/mol. The third-order valence-electron chi connectivity index (χ3n) is 5.04. The van der Waals surface area contributed by atoms with Crippen molar-refractivity contribution in [1.29, 1.82) is 0 Å². The first-order valence-corrected chi connectivity index (χ1v) is 9.78. The minimum absolute atomic E-state index is 0.223. The van der Waals surface area contributed by atoms with Crippen molar-refractivity contribution in [1.82, 2.24) is 19.5 Å². The van der Waals surface area contributed by atoms with Crippen molar-refractivity contribution in [3.8, 4) is 11.3 Å². The molecular weight excluding hydrogens is 352 g/mol. The highest BCUT2D eigenvalue weighted by atomic mass is 16.6. The Kier molecular flexibility index (Phi) is 4.79. The highest BCUT2D eigenvalue weighted by Crippen LogP contribution is 2.30. The molecule has 3 aromatic heterocycles. The van der Waals surface area contributed by atoms with E-state index < -0.39 is 5.60 Å². The summed E-state index contributed by atoms with van der Waals surface area (Å²) in [5.41, 5.74) is 3.64. The predicted molar refractivity (Wildman–Crippen MR) is 108 cm³/mol. The van der Waals surface area contributed by atoms with Crippen LogP contribution in [0.15, 0.2) is 48.8 Å². The van der Waals surface area contributed by atoms with Crippen LogP contribution in [0.2, 0.25) is 0 Å². The number of amides is 1. The van der Waals surface area contributed by atoms with Crippen molar-refractivity contribution in [2.75, 3.05) is 13.1 Å². The molecule has 0 aromatic carbocycles. The lowest BCUT2D eigenvalue weighted by Crippen LogP contribution is -2.41. The van der Waals surface area contributed by atoms with E-state index in [1.165, 1.54) is 0 Å². The largest absolute Gasteiger partial charge is 0.444 e. The van der Waals surface area contributed by atoms with Crippen molar-refractivity contribution in [2.24, 2.45) is 0 Å². The highest BCUT2D eigenvalue weighted by molar-refractivity contribution is 5.77. The van der Waals surface area contributed by atoms with Crippen molar-refractivity contribution >= 4 is 11.6 Å². The number of ether oxygens (including phenoxy) is 1. The normalized spacial score (nSPS) is 15.8.